The average molecular weight is 558 g/mol. The number of aromatic nitrogens is 1. The quantitative estimate of drug-likeness (QED) is 0.278. The van der Waals surface area contributed by atoms with Crippen LogP contribution in [0.2, 0.25) is 0 Å². The van der Waals surface area contributed by atoms with Crippen molar-refractivity contribution in [2.24, 2.45) is 0 Å². The van der Waals surface area contributed by atoms with Crippen molar-refractivity contribution in [2.75, 3.05) is 6.54 Å². The van der Waals surface area contributed by atoms with Crippen molar-refractivity contribution in [3.63, 3.8) is 0 Å². The molecule has 0 saturated carbocycles. The Morgan fingerprint density at radius 3 is 2.13 bits per heavy atom. The summed E-state index contributed by atoms with van der Waals surface area (Å²) < 4.78 is 50.3. The summed E-state index contributed by atoms with van der Waals surface area (Å²) >= 11 is 0.623. The molecule has 4 rings (SSSR count). The molecule has 0 saturated heterocycles. The molecule has 0 aliphatic carbocycles. The van der Waals surface area contributed by atoms with E-state index in [1.807, 2.05) is 6.07 Å². The van der Waals surface area contributed by atoms with E-state index in [0.717, 1.165) is 17.8 Å². The van der Waals surface area contributed by atoms with Gasteiger partial charge in [-0.2, -0.15) is 13.2 Å². The number of fused-ring (bicyclic) bond motifs is 1. The van der Waals surface area contributed by atoms with Crippen LogP contribution in [0.4, 0.5) is 18.0 Å². The van der Waals surface area contributed by atoms with Gasteiger partial charge in [-0.05, 0) is 23.3 Å². The van der Waals surface area contributed by atoms with Crippen LogP contribution in [0.5, 0.6) is 0 Å². The number of nitrogens with zero attached hydrogens (tertiary/aromatic N) is 1. The van der Waals surface area contributed by atoms with E-state index in [2.05, 4.69) is 15.6 Å². The topological polar surface area (TPSA) is 107 Å². The van der Waals surface area contributed by atoms with Gasteiger partial charge in [-0.25, -0.2) is 9.59 Å². The number of alkyl halides is 3. The Bertz CT molecular complexity index is 1450. The van der Waals surface area contributed by atoms with Gasteiger partial charge in [0, 0.05) is 12.7 Å². The third kappa shape index (κ3) is 7.54. The minimum absolute atomic E-state index is 0.0152. The Morgan fingerprint density at radius 1 is 0.897 bits per heavy atom. The summed E-state index contributed by atoms with van der Waals surface area (Å²) in [4.78, 5) is 41.8. The zero-order valence-electron chi connectivity index (χ0n) is 20.2. The van der Waals surface area contributed by atoms with E-state index in [4.69, 9.17) is 9.47 Å². The number of halogens is 3. The lowest BCUT2D eigenvalue weighted by Crippen LogP contribution is -2.49. The number of carbonyl (C=O) groups excluding carboxylic acids is 3. The van der Waals surface area contributed by atoms with E-state index < -0.39 is 42.3 Å². The van der Waals surface area contributed by atoms with Crippen LogP contribution in [0.1, 0.15) is 26.4 Å². The summed E-state index contributed by atoms with van der Waals surface area (Å²) in [6, 6.07) is 18.4. The number of hydrogen-bond donors (Lipinski definition) is 2. The molecule has 0 aliphatic heterocycles. The van der Waals surface area contributed by atoms with Crippen molar-refractivity contribution < 1.29 is 37.0 Å². The highest BCUT2D eigenvalue weighted by Crippen LogP contribution is 2.37. The first-order valence-corrected chi connectivity index (χ1v) is 12.4. The third-order valence-corrected chi connectivity index (χ3v) is 6.58. The Hall–Kier alpha value is -4.45. The zero-order valence-corrected chi connectivity index (χ0v) is 21.1. The van der Waals surface area contributed by atoms with Crippen LogP contribution in [0, 0.1) is 0 Å². The van der Waals surface area contributed by atoms with Crippen LogP contribution < -0.4 is 10.6 Å². The van der Waals surface area contributed by atoms with Crippen molar-refractivity contribution in [3.8, 4) is 0 Å². The maximum absolute atomic E-state index is 13.3. The van der Waals surface area contributed by atoms with Crippen molar-refractivity contribution >= 4 is 39.5 Å². The molecule has 0 aliphatic rings. The van der Waals surface area contributed by atoms with Gasteiger partial charge >= 0.3 is 18.2 Å². The van der Waals surface area contributed by atoms with Crippen molar-refractivity contribution in [3.05, 3.63) is 101 Å². The number of carbonyl (C=O) groups is 3. The molecule has 12 heteroatoms. The number of benzene rings is 2. The maximum atomic E-state index is 13.3. The lowest BCUT2D eigenvalue weighted by atomic mass is 10.2. The zero-order chi connectivity index (χ0) is 27.8. The number of esters is 1. The summed E-state index contributed by atoms with van der Waals surface area (Å²) in [5, 5.41) is 4.85. The lowest BCUT2D eigenvalue weighted by Gasteiger charge is -2.18. The highest BCUT2D eigenvalue weighted by molar-refractivity contribution is 7.21. The van der Waals surface area contributed by atoms with Gasteiger partial charge in [0.25, 0.3) is 5.91 Å². The Kier molecular flexibility index (Phi) is 8.77. The Labute approximate surface area is 224 Å². The molecule has 0 fully saturated rings. The second-order valence-electron chi connectivity index (χ2n) is 8.24. The summed E-state index contributed by atoms with van der Waals surface area (Å²) in [7, 11) is 0. The number of rotatable bonds is 9. The van der Waals surface area contributed by atoms with Gasteiger partial charge in [0.15, 0.2) is 0 Å². The van der Waals surface area contributed by atoms with Gasteiger partial charge in [0.05, 0.1) is 20.7 Å². The molecule has 1 atom stereocenters. The normalized spacial score (nSPS) is 12.0. The molecule has 0 spiro atoms. The maximum Gasteiger partial charge on any atom is 0.417 e. The first-order valence-electron chi connectivity index (χ1n) is 11.6. The molecule has 8 nitrogen and oxygen atoms in total. The predicted molar refractivity (Wildman–Crippen MR) is 137 cm³/mol. The number of thiophene rings is 1. The third-order valence-electron chi connectivity index (χ3n) is 5.42. The van der Waals surface area contributed by atoms with Crippen molar-refractivity contribution in [2.45, 2.75) is 25.4 Å². The summed E-state index contributed by atoms with van der Waals surface area (Å²) in [6.45, 7) is -0.533. The van der Waals surface area contributed by atoms with E-state index in [0.29, 0.717) is 16.9 Å². The van der Waals surface area contributed by atoms with Crippen LogP contribution in [0.25, 0.3) is 10.2 Å². The highest BCUT2D eigenvalue weighted by atomic mass is 32.1. The second kappa shape index (κ2) is 12.4. The van der Waals surface area contributed by atoms with E-state index in [9.17, 15) is 27.6 Å². The van der Waals surface area contributed by atoms with E-state index >= 15 is 0 Å². The SMILES string of the molecule is O=C(NC(CNC(=O)c1cc2nccc(C(F)(F)F)c2s1)C(=O)OCc1ccccc1)OCc1ccccc1. The van der Waals surface area contributed by atoms with E-state index in [-0.39, 0.29) is 28.3 Å². The molecule has 2 aromatic carbocycles. The molecule has 0 radical (unpaired) electrons. The first kappa shape index (κ1) is 27.6. The summed E-state index contributed by atoms with van der Waals surface area (Å²) in [6.07, 6.45) is -4.52. The van der Waals surface area contributed by atoms with Gasteiger partial charge in [0.1, 0.15) is 19.3 Å². The number of alkyl carbamates (subject to hydrolysis) is 1. The second-order valence-corrected chi connectivity index (χ2v) is 9.30. The molecule has 4 aromatic rings. The molecule has 2 N–H and O–H groups in total. The van der Waals surface area contributed by atoms with Crippen LogP contribution >= 0.6 is 11.3 Å². The molecule has 202 valence electrons. The van der Waals surface area contributed by atoms with Crippen LogP contribution in [0.3, 0.4) is 0 Å². The van der Waals surface area contributed by atoms with Crippen LogP contribution in [-0.4, -0.2) is 35.5 Å². The lowest BCUT2D eigenvalue weighted by molar-refractivity contribution is -0.147. The van der Waals surface area contributed by atoms with Gasteiger partial charge in [-0.15, -0.1) is 11.3 Å². The Balaban J connectivity index is 1.43. The van der Waals surface area contributed by atoms with Gasteiger partial charge < -0.3 is 20.1 Å². The summed E-state index contributed by atoms with van der Waals surface area (Å²) in [5.41, 5.74) is 0.544. The number of hydrogen-bond acceptors (Lipinski definition) is 7. The van der Waals surface area contributed by atoms with E-state index in [1.165, 1.54) is 6.07 Å². The largest absolute Gasteiger partial charge is 0.459 e. The van der Waals surface area contributed by atoms with Gasteiger partial charge in [-0.1, -0.05) is 60.7 Å². The minimum atomic E-state index is -4.61. The molecule has 2 amide bonds. The number of ether oxygens (including phenoxy) is 2. The molecular formula is C27H22F3N3O5S. The fraction of sp³-hybridized carbons (Fsp3) is 0.185. The minimum Gasteiger partial charge on any atom is -0.459 e. The standard InChI is InChI=1S/C27H22F3N3O5S/c28-27(29,30)19-11-12-31-20-13-22(39-23(19)20)24(34)32-14-21(25(35)37-15-17-7-3-1-4-8-17)33-26(36)38-16-18-9-5-2-6-10-18/h1-13,21H,14-16H2,(H,32,34)(H,33,36). The fourth-order valence-corrected chi connectivity index (χ4v) is 4.55. The fourth-order valence-electron chi connectivity index (χ4n) is 3.48. The smallest absolute Gasteiger partial charge is 0.417 e. The van der Waals surface area contributed by atoms with Crippen LogP contribution in [0.15, 0.2) is 79.0 Å². The number of nitrogens with one attached hydrogen (secondary N) is 2. The number of amides is 2. The average Bonchev–Trinajstić information content (AvgIpc) is 3.38. The van der Waals surface area contributed by atoms with Gasteiger partial charge in [-0.3, -0.25) is 9.78 Å². The molecule has 1 unspecified atom stereocenters. The first-order chi connectivity index (χ1) is 18.7. The molecule has 2 aromatic heterocycles. The molecule has 2 heterocycles. The van der Waals surface area contributed by atoms with E-state index in [1.54, 1.807) is 54.6 Å². The molecule has 39 heavy (non-hydrogen) atoms. The van der Waals surface area contributed by atoms with Crippen LogP contribution in [-0.2, 0) is 33.7 Å². The molecule has 0 bridgehead atoms. The number of pyridine rings is 1. The van der Waals surface area contributed by atoms with Crippen molar-refractivity contribution in [1.82, 2.24) is 15.6 Å². The highest BCUT2D eigenvalue weighted by Gasteiger charge is 2.34. The monoisotopic (exact) mass is 557 g/mol. The summed E-state index contributed by atoms with van der Waals surface area (Å²) in [5.74, 6) is -1.58. The predicted octanol–water partition coefficient (Wildman–Crippen LogP) is 5.08. The van der Waals surface area contributed by atoms with Gasteiger partial charge in [0.2, 0.25) is 0 Å². The Morgan fingerprint density at radius 2 is 1.51 bits per heavy atom. The molecular weight excluding hydrogens is 535 g/mol. The van der Waals surface area contributed by atoms with Crippen molar-refractivity contribution in [1.29, 1.82) is 0 Å².